The van der Waals surface area contributed by atoms with Crippen molar-refractivity contribution < 1.29 is 14.2 Å². The molecule has 6 nitrogen and oxygen atoms in total. The van der Waals surface area contributed by atoms with Gasteiger partial charge in [0.05, 0.1) is 18.4 Å². The van der Waals surface area contributed by atoms with E-state index in [2.05, 4.69) is 41.0 Å². The van der Waals surface area contributed by atoms with E-state index in [9.17, 15) is 5.11 Å². The van der Waals surface area contributed by atoms with Gasteiger partial charge >= 0.3 is 0 Å². The highest BCUT2D eigenvalue weighted by Gasteiger charge is 2.50. The lowest BCUT2D eigenvalue weighted by Gasteiger charge is -2.44. The number of halogens is 1. The van der Waals surface area contributed by atoms with Crippen LogP contribution in [0, 0.1) is 16.6 Å². The second-order valence-corrected chi connectivity index (χ2v) is 10.7. The van der Waals surface area contributed by atoms with Crippen molar-refractivity contribution in [3.8, 4) is 34.0 Å². The molecule has 3 atom stereocenters. The first-order valence-electron chi connectivity index (χ1n) is 11.8. The van der Waals surface area contributed by atoms with E-state index in [-0.39, 0.29) is 11.3 Å². The van der Waals surface area contributed by atoms with E-state index in [0.29, 0.717) is 39.6 Å². The molecule has 2 heterocycles. The van der Waals surface area contributed by atoms with Crippen LogP contribution in [0.25, 0.3) is 22.4 Å². The Balaban J connectivity index is 1.39. The maximum Gasteiger partial charge on any atom is 0.213 e. The van der Waals surface area contributed by atoms with E-state index in [4.69, 9.17) is 4.74 Å². The summed E-state index contributed by atoms with van der Waals surface area (Å²) in [4.78, 5) is 6.28. The van der Waals surface area contributed by atoms with Crippen LogP contribution >= 0.6 is 0 Å². The van der Waals surface area contributed by atoms with Gasteiger partial charge in [0.25, 0.3) is 0 Å². The Morgan fingerprint density at radius 1 is 1.03 bits per heavy atom. The SMILES string of the molecule is COc1cc(-c2cc(O)c(-c3ccc(N(C)C4C[C@]5(C)CC[C@](C)(C4)C5)nn3)c(F)c2)ccn1. The molecule has 1 unspecified atom stereocenters. The quantitative estimate of drug-likeness (QED) is 0.513. The molecular formula is C27H31FN4O2. The van der Waals surface area contributed by atoms with Crippen molar-refractivity contribution >= 4 is 5.82 Å². The van der Waals surface area contributed by atoms with Crippen LogP contribution in [-0.2, 0) is 0 Å². The number of aromatic hydroxyl groups is 1. The fourth-order valence-electron chi connectivity index (χ4n) is 6.19. The van der Waals surface area contributed by atoms with Crippen LogP contribution in [0.5, 0.6) is 11.6 Å². The Kier molecular flexibility index (Phi) is 5.46. The summed E-state index contributed by atoms with van der Waals surface area (Å²) in [6, 6.07) is 10.3. The first kappa shape index (κ1) is 22.6. The van der Waals surface area contributed by atoms with Gasteiger partial charge in [-0.3, -0.25) is 0 Å². The molecule has 34 heavy (non-hydrogen) atoms. The number of rotatable bonds is 5. The third-order valence-corrected chi connectivity index (χ3v) is 7.80. The molecule has 5 rings (SSSR count). The molecule has 1 aromatic carbocycles. The molecule has 2 aliphatic rings. The standard InChI is InChI=1S/C27H31FN4O2/c1-26-8-9-27(2,16-26)15-19(14-26)32(3)23-6-5-21(30-31-23)25-20(28)11-18(12-22(25)33)17-7-10-29-24(13-17)34-4/h5-7,10-13,19,33H,8-9,14-16H2,1-4H3/t19?,26-,27+. The number of aromatic nitrogens is 3. The minimum atomic E-state index is -0.564. The Morgan fingerprint density at radius 3 is 2.38 bits per heavy atom. The summed E-state index contributed by atoms with van der Waals surface area (Å²) < 4.78 is 20.2. The van der Waals surface area contributed by atoms with Crippen molar-refractivity contribution in [1.29, 1.82) is 0 Å². The van der Waals surface area contributed by atoms with Gasteiger partial charge < -0.3 is 14.7 Å². The summed E-state index contributed by atoms with van der Waals surface area (Å²) in [5, 5.41) is 19.3. The van der Waals surface area contributed by atoms with Crippen LogP contribution in [0.15, 0.2) is 42.6 Å². The molecule has 1 N–H and O–H groups in total. The Hall–Kier alpha value is -3.22. The number of nitrogens with zero attached hydrogens (tertiary/aromatic N) is 4. The van der Waals surface area contributed by atoms with Gasteiger partial charge in [-0.25, -0.2) is 9.37 Å². The maximum atomic E-state index is 15.1. The summed E-state index contributed by atoms with van der Waals surface area (Å²) in [5.41, 5.74) is 2.36. The monoisotopic (exact) mass is 462 g/mol. The second-order valence-electron chi connectivity index (χ2n) is 10.7. The van der Waals surface area contributed by atoms with E-state index < -0.39 is 5.82 Å². The molecule has 7 heteroatoms. The molecular weight excluding hydrogens is 431 g/mol. The molecule has 0 amide bonds. The number of phenols is 1. The van der Waals surface area contributed by atoms with Crippen LogP contribution in [0.3, 0.4) is 0 Å². The van der Waals surface area contributed by atoms with Gasteiger partial charge in [-0.05, 0) is 84.4 Å². The highest BCUT2D eigenvalue weighted by molar-refractivity contribution is 5.75. The van der Waals surface area contributed by atoms with Gasteiger partial charge in [-0.2, -0.15) is 0 Å². The number of phenolic OH excluding ortho intramolecular Hbond substituents is 1. The van der Waals surface area contributed by atoms with Crippen molar-refractivity contribution in [2.75, 3.05) is 19.1 Å². The molecule has 2 aliphatic carbocycles. The second kappa shape index (κ2) is 8.22. The minimum Gasteiger partial charge on any atom is -0.507 e. The van der Waals surface area contributed by atoms with Crippen LogP contribution < -0.4 is 9.64 Å². The summed E-state index contributed by atoms with van der Waals surface area (Å²) in [6.07, 6.45) is 7.77. The van der Waals surface area contributed by atoms with Crippen LogP contribution in [-0.4, -0.2) is 40.5 Å². The van der Waals surface area contributed by atoms with E-state index >= 15 is 4.39 Å². The predicted octanol–water partition coefficient (Wildman–Crippen LogP) is 5.85. The normalized spacial score (nSPS) is 25.9. The molecule has 2 fully saturated rings. The summed E-state index contributed by atoms with van der Waals surface area (Å²) in [6.45, 7) is 4.81. The zero-order chi connectivity index (χ0) is 24.1. The summed E-state index contributed by atoms with van der Waals surface area (Å²) in [5.74, 6) is 0.431. The number of pyridine rings is 1. The number of fused-ring (bicyclic) bond motifs is 2. The molecule has 2 aromatic heterocycles. The molecule has 0 saturated heterocycles. The zero-order valence-corrected chi connectivity index (χ0v) is 20.2. The van der Waals surface area contributed by atoms with Gasteiger partial charge in [0.1, 0.15) is 11.6 Å². The van der Waals surface area contributed by atoms with E-state index in [0.717, 1.165) is 18.7 Å². The largest absolute Gasteiger partial charge is 0.507 e. The van der Waals surface area contributed by atoms with Gasteiger partial charge in [0.2, 0.25) is 5.88 Å². The maximum absolute atomic E-state index is 15.1. The molecule has 2 bridgehead atoms. The van der Waals surface area contributed by atoms with Crippen LogP contribution in [0.1, 0.15) is 46.0 Å². The van der Waals surface area contributed by atoms with Crippen molar-refractivity contribution in [2.24, 2.45) is 10.8 Å². The van der Waals surface area contributed by atoms with Crippen molar-refractivity contribution in [2.45, 2.75) is 52.0 Å². The average Bonchev–Trinajstić information content (AvgIpc) is 3.05. The van der Waals surface area contributed by atoms with Gasteiger partial charge in [0.15, 0.2) is 5.82 Å². The smallest absolute Gasteiger partial charge is 0.213 e. The Morgan fingerprint density at radius 2 is 1.76 bits per heavy atom. The molecule has 0 aliphatic heterocycles. The molecule has 2 saturated carbocycles. The highest BCUT2D eigenvalue weighted by Crippen LogP contribution is 2.58. The topological polar surface area (TPSA) is 71.4 Å². The highest BCUT2D eigenvalue weighted by atomic mass is 19.1. The Labute approximate surface area is 199 Å². The van der Waals surface area contributed by atoms with Crippen LogP contribution in [0.2, 0.25) is 0 Å². The lowest BCUT2D eigenvalue weighted by atomic mass is 9.68. The lowest BCUT2D eigenvalue weighted by Crippen LogP contribution is -2.42. The number of hydrogen-bond donors (Lipinski definition) is 1. The fraction of sp³-hybridized carbons (Fsp3) is 0.444. The van der Waals surface area contributed by atoms with Gasteiger partial charge in [0, 0.05) is 25.4 Å². The number of hydrogen-bond acceptors (Lipinski definition) is 6. The van der Waals surface area contributed by atoms with E-state index in [1.54, 1.807) is 24.4 Å². The molecule has 178 valence electrons. The lowest BCUT2D eigenvalue weighted by molar-refractivity contribution is 0.148. The summed E-state index contributed by atoms with van der Waals surface area (Å²) >= 11 is 0. The molecule has 3 aromatic rings. The van der Waals surface area contributed by atoms with Crippen molar-refractivity contribution in [1.82, 2.24) is 15.2 Å². The Bertz CT molecular complexity index is 1180. The number of benzene rings is 1. The van der Waals surface area contributed by atoms with Gasteiger partial charge in [-0.1, -0.05) is 13.8 Å². The minimum absolute atomic E-state index is 0.0437. The molecule has 0 spiro atoms. The zero-order valence-electron chi connectivity index (χ0n) is 20.2. The molecule has 0 radical (unpaired) electrons. The van der Waals surface area contributed by atoms with Crippen molar-refractivity contribution in [3.63, 3.8) is 0 Å². The third-order valence-electron chi connectivity index (χ3n) is 7.80. The predicted molar refractivity (Wildman–Crippen MR) is 130 cm³/mol. The average molecular weight is 463 g/mol. The summed E-state index contributed by atoms with van der Waals surface area (Å²) in [7, 11) is 3.59. The number of methoxy groups -OCH3 is 1. The number of ether oxygens (including phenoxy) is 1. The van der Waals surface area contributed by atoms with Gasteiger partial charge in [-0.15, -0.1) is 10.2 Å². The number of anilines is 1. The first-order valence-corrected chi connectivity index (χ1v) is 11.8. The van der Waals surface area contributed by atoms with Crippen molar-refractivity contribution in [3.05, 3.63) is 48.4 Å². The fourth-order valence-corrected chi connectivity index (χ4v) is 6.19. The third kappa shape index (κ3) is 4.08. The van der Waals surface area contributed by atoms with E-state index in [1.807, 2.05) is 6.07 Å². The first-order chi connectivity index (χ1) is 16.2. The van der Waals surface area contributed by atoms with Crippen LogP contribution in [0.4, 0.5) is 10.2 Å². The van der Waals surface area contributed by atoms with E-state index in [1.165, 1.54) is 38.5 Å².